The third-order valence-corrected chi connectivity index (χ3v) is 2.87. The molecule has 0 N–H and O–H groups in total. The van der Waals surface area contributed by atoms with Gasteiger partial charge in [-0.15, -0.1) is 0 Å². The van der Waals surface area contributed by atoms with E-state index >= 15 is 0 Å². The number of nitrogens with zero attached hydrogens (tertiary/aromatic N) is 1. The number of hydrogen-bond acceptors (Lipinski definition) is 3. The molecule has 1 aliphatic heterocycles. The Labute approximate surface area is 93.6 Å². The highest BCUT2D eigenvalue weighted by Gasteiger charge is 2.35. The summed E-state index contributed by atoms with van der Waals surface area (Å²) in [5, 5.41) is 0.683. The first-order valence-corrected chi connectivity index (χ1v) is 5.20. The molecular formula is C11H12ClNO2. The van der Waals surface area contributed by atoms with E-state index in [1.807, 2.05) is 29.2 Å². The molecular weight excluding hydrogens is 214 g/mol. The molecule has 1 aromatic rings. The molecule has 1 aromatic carbocycles. The monoisotopic (exact) mass is 225 g/mol. The van der Waals surface area contributed by atoms with Crippen LogP contribution in [-0.2, 0) is 9.53 Å². The van der Waals surface area contributed by atoms with Crippen molar-refractivity contribution in [1.82, 2.24) is 0 Å². The smallest absolute Gasteiger partial charge is 0.328 e. The highest BCUT2D eigenvalue weighted by molar-refractivity contribution is 6.30. The van der Waals surface area contributed by atoms with Gasteiger partial charge in [0.25, 0.3) is 0 Å². The first-order valence-electron chi connectivity index (χ1n) is 4.82. The van der Waals surface area contributed by atoms with E-state index in [0.29, 0.717) is 5.02 Å². The molecule has 1 atom stereocenters. The highest BCUT2D eigenvalue weighted by atomic mass is 35.5. The van der Waals surface area contributed by atoms with Crippen LogP contribution in [0.4, 0.5) is 5.69 Å². The molecule has 0 radical (unpaired) electrons. The summed E-state index contributed by atoms with van der Waals surface area (Å²) < 4.78 is 4.72. The zero-order valence-corrected chi connectivity index (χ0v) is 9.20. The minimum atomic E-state index is -0.179. The van der Waals surface area contributed by atoms with E-state index in [4.69, 9.17) is 16.3 Å². The van der Waals surface area contributed by atoms with E-state index in [2.05, 4.69) is 0 Å². The SMILES string of the molecule is COC(=O)C1CCN1c1cccc(Cl)c1. The molecule has 0 bridgehead atoms. The number of halogens is 1. The average Bonchev–Trinajstić information content (AvgIpc) is 2.16. The normalized spacial score (nSPS) is 19.6. The standard InChI is InChI=1S/C11H12ClNO2/c1-15-11(14)10-5-6-13(10)9-4-2-3-8(12)7-9/h2-4,7,10H,5-6H2,1H3. The Balaban J connectivity index is 2.15. The number of methoxy groups -OCH3 is 1. The molecule has 80 valence electrons. The number of benzene rings is 1. The number of hydrogen-bond donors (Lipinski definition) is 0. The maximum absolute atomic E-state index is 11.4. The van der Waals surface area contributed by atoms with Gasteiger partial charge in [-0.3, -0.25) is 0 Å². The summed E-state index contributed by atoms with van der Waals surface area (Å²) in [6.45, 7) is 0.875. The van der Waals surface area contributed by atoms with Crippen LogP contribution in [-0.4, -0.2) is 25.7 Å². The molecule has 0 aromatic heterocycles. The Hall–Kier alpha value is -1.22. The van der Waals surface area contributed by atoms with Crippen LogP contribution in [0, 0.1) is 0 Å². The predicted octanol–water partition coefficient (Wildman–Crippen LogP) is 2.09. The van der Waals surface area contributed by atoms with Crippen molar-refractivity contribution in [2.45, 2.75) is 12.5 Å². The zero-order chi connectivity index (χ0) is 10.8. The van der Waals surface area contributed by atoms with Gasteiger partial charge in [-0.2, -0.15) is 0 Å². The van der Waals surface area contributed by atoms with Gasteiger partial charge >= 0.3 is 5.97 Å². The van der Waals surface area contributed by atoms with Gasteiger partial charge in [-0.05, 0) is 24.6 Å². The summed E-state index contributed by atoms with van der Waals surface area (Å²) in [5.41, 5.74) is 0.976. The lowest BCUT2D eigenvalue weighted by Gasteiger charge is -2.40. The number of carbonyl (C=O) groups is 1. The molecule has 0 aliphatic carbocycles. The van der Waals surface area contributed by atoms with Crippen LogP contribution in [0.25, 0.3) is 0 Å². The molecule has 1 aliphatic rings. The number of ether oxygens (including phenoxy) is 1. The van der Waals surface area contributed by atoms with Crippen LogP contribution in [0.15, 0.2) is 24.3 Å². The second-order valence-electron chi connectivity index (χ2n) is 3.50. The van der Waals surface area contributed by atoms with Crippen LogP contribution in [0.3, 0.4) is 0 Å². The summed E-state index contributed by atoms with van der Waals surface area (Å²) in [5.74, 6) is -0.179. The Bertz CT molecular complexity index is 381. The van der Waals surface area contributed by atoms with E-state index in [1.54, 1.807) is 0 Å². The van der Waals surface area contributed by atoms with E-state index in [-0.39, 0.29) is 12.0 Å². The van der Waals surface area contributed by atoms with Crippen molar-refractivity contribution in [3.63, 3.8) is 0 Å². The molecule has 0 saturated carbocycles. The lowest BCUT2D eigenvalue weighted by molar-refractivity contribution is -0.143. The summed E-state index contributed by atoms with van der Waals surface area (Å²) in [6, 6.07) is 7.36. The maximum atomic E-state index is 11.4. The van der Waals surface area contributed by atoms with Crippen LogP contribution in [0.2, 0.25) is 5.02 Å². The molecule has 1 fully saturated rings. The largest absolute Gasteiger partial charge is 0.467 e. The lowest BCUT2D eigenvalue weighted by Crippen LogP contribution is -2.53. The molecule has 15 heavy (non-hydrogen) atoms. The third-order valence-electron chi connectivity index (χ3n) is 2.63. The van der Waals surface area contributed by atoms with Gasteiger partial charge in [0, 0.05) is 17.3 Å². The first-order chi connectivity index (χ1) is 7.22. The van der Waals surface area contributed by atoms with E-state index in [0.717, 1.165) is 18.7 Å². The van der Waals surface area contributed by atoms with Crippen LogP contribution in [0.1, 0.15) is 6.42 Å². The van der Waals surface area contributed by atoms with Gasteiger partial charge in [0.15, 0.2) is 0 Å². The topological polar surface area (TPSA) is 29.5 Å². The summed E-state index contributed by atoms with van der Waals surface area (Å²) >= 11 is 5.89. The van der Waals surface area contributed by atoms with Crippen LogP contribution < -0.4 is 4.90 Å². The van der Waals surface area contributed by atoms with E-state index in [1.165, 1.54) is 7.11 Å². The first kappa shape index (κ1) is 10.3. The van der Waals surface area contributed by atoms with Crippen molar-refractivity contribution >= 4 is 23.3 Å². The zero-order valence-electron chi connectivity index (χ0n) is 8.44. The van der Waals surface area contributed by atoms with Gasteiger partial charge in [0.2, 0.25) is 0 Å². The number of rotatable bonds is 2. The van der Waals surface area contributed by atoms with Crippen LogP contribution in [0.5, 0.6) is 0 Å². The molecule has 2 rings (SSSR count). The lowest BCUT2D eigenvalue weighted by atomic mass is 10.0. The second-order valence-corrected chi connectivity index (χ2v) is 3.94. The number of anilines is 1. The molecule has 1 heterocycles. The molecule has 1 unspecified atom stereocenters. The maximum Gasteiger partial charge on any atom is 0.328 e. The Morgan fingerprint density at radius 1 is 1.60 bits per heavy atom. The average molecular weight is 226 g/mol. The van der Waals surface area contributed by atoms with Gasteiger partial charge in [-0.1, -0.05) is 17.7 Å². The molecule has 3 nitrogen and oxygen atoms in total. The summed E-state index contributed by atoms with van der Waals surface area (Å²) in [7, 11) is 1.41. The summed E-state index contributed by atoms with van der Waals surface area (Å²) in [6.07, 6.45) is 0.846. The molecule has 4 heteroatoms. The van der Waals surface area contributed by atoms with E-state index in [9.17, 15) is 4.79 Å². The predicted molar refractivity (Wildman–Crippen MR) is 59.2 cm³/mol. The Morgan fingerprint density at radius 2 is 2.40 bits per heavy atom. The van der Waals surface area contributed by atoms with Crippen LogP contribution >= 0.6 is 11.6 Å². The van der Waals surface area contributed by atoms with Gasteiger partial charge in [0.05, 0.1) is 7.11 Å². The van der Waals surface area contributed by atoms with Crippen molar-refractivity contribution in [1.29, 1.82) is 0 Å². The van der Waals surface area contributed by atoms with Gasteiger partial charge in [-0.25, -0.2) is 4.79 Å². The van der Waals surface area contributed by atoms with E-state index < -0.39 is 0 Å². The second kappa shape index (κ2) is 4.11. The number of carbonyl (C=O) groups excluding carboxylic acids is 1. The Morgan fingerprint density at radius 3 is 2.93 bits per heavy atom. The fourth-order valence-electron chi connectivity index (χ4n) is 1.73. The van der Waals surface area contributed by atoms with Gasteiger partial charge < -0.3 is 9.64 Å². The quantitative estimate of drug-likeness (QED) is 0.722. The molecule has 1 saturated heterocycles. The van der Waals surface area contributed by atoms with Gasteiger partial charge in [0.1, 0.15) is 6.04 Å². The van der Waals surface area contributed by atoms with Crippen molar-refractivity contribution in [2.24, 2.45) is 0 Å². The van der Waals surface area contributed by atoms with Crippen molar-refractivity contribution < 1.29 is 9.53 Å². The fourth-order valence-corrected chi connectivity index (χ4v) is 1.92. The van der Waals surface area contributed by atoms with Crippen molar-refractivity contribution in [3.05, 3.63) is 29.3 Å². The fraction of sp³-hybridized carbons (Fsp3) is 0.364. The molecule has 0 amide bonds. The summed E-state index contributed by atoms with van der Waals surface area (Å²) in [4.78, 5) is 13.4. The number of esters is 1. The minimum Gasteiger partial charge on any atom is -0.467 e. The Kier molecular flexibility index (Phi) is 2.82. The minimum absolute atomic E-state index is 0.145. The highest BCUT2D eigenvalue weighted by Crippen LogP contribution is 2.28. The van der Waals surface area contributed by atoms with Crippen molar-refractivity contribution in [2.75, 3.05) is 18.6 Å². The molecule has 0 spiro atoms. The van der Waals surface area contributed by atoms with Crippen molar-refractivity contribution in [3.8, 4) is 0 Å². The third kappa shape index (κ3) is 1.92.